The number of aryl methyl sites for hydroxylation is 1. The zero-order chi connectivity index (χ0) is 19.4. The molecule has 0 saturated carbocycles. The molecule has 0 aliphatic rings. The highest BCUT2D eigenvalue weighted by molar-refractivity contribution is 6.30. The number of carbonyl (C=O) groups is 2. The van der Waals surface area contributed by atoms with E-state index in [0.29, 0.717) is 16.3 Å². The van der Waals surface area contributed by atoms with Crippen LogP contribution in [0.1, 0.15) is 45.0 Å². The molecule has 0 saturated heterocycles. The van der Waals surface area contributed by atoms with Crippen molar-refractivity contribution >= 4 is 29.1 Å². The molecule has 0 unspecified atom stereocenters. The third-order valence-electron chi connectivity index (χ3n) is 4.19. The summed E-state index contributed by atoms with van der Waals surface area (Å²) in [6.45, 7) is 3.74. The Morgan fingerprint density at radius 1 is 1.04 bits per heavy atom. The van der Waals surface area contributed by atoms with Crippen molar-refractivity contribution in [3.63, 3.8) is 0 Å². The van der Waals surface area contributed by atoms with Gasteiger partial charge in [-0.25, -0.2) is 0 Å². The molecule has 3 aromatic rings. The lowest BCUT2D eigenvalue weighted by atomic mass is 10.1. The Bertz CT molecular complexity index is 967. The van der Waals surface area contributed by atoms with Crippen molar-refractivity contribution in [1.82, 2.24) is 5.32 Å². The first kappa shape index (κ1) is 18.7. The van der Waals surface area contributed by atoms with E-state index in [2.05, 4.69) is 10.6 Å². The highest BCUT2D eigenvalue weighted by Gasteiger charge is 2.15. The van der Waals surface area contributed by atoms with Crippen LogP contribution in [0.25, 0.3) is 0 Å². The van der Waals surface area contributed by atoms with Crippen LogP contribution in [0.5, 0.6) is 0 Å². The maximum atomic E-state index is 12.6. The highest BCUT2D eigenvalue weighted by Crippen LogP contribution is 2.21. The predicted octanol–water partition coefficient (Wildman–Crippen LogP) is 4.98. The molecular formula is C21H19ClN2O3. The Kier molecular flexibility index (Phi) is 5.62. The lowest BCUT2D eigenvalue weighted by Crippen LogP contribution is -2.26. The Morgan fingerprint density at radius 2 is 1.85 bits per heavy atom. The maximum absolute atomic E-state index is 12.6. The van der Waals surface area contributed by atoms with E-state index in [4.69, 9.17) is 16.0 Å². The van der Waals surface area contributed by atoms with Gasteiger partial charge < -0.3 is 15.1 Å². The zero-order valence-corrected chi connectivity index (χ0v) is 15.7. The summed E-state index contributed by atoms with van der Waals surface area (Å²) >= 11 is 6.01. The lowest BCUT2D eigenvalue weighted by molar-refractivity contribution is 0.0938. The van der Waals surface area contributed by atoms with Gasteiger partial charge in [0.25, 0.3) is 11.8 Å². The second kappa shape index (κ2) is 8.10. The van der Waals surface area contributed by atoms with Crippen LogP contribution in [0.2, 0.25) is 5.02 Å². The summed E-state index contributed by atoms with van der Waals surface area (Å²) in [6.07, 6.45) is 1.43. The van der Waals surface area contributed by atoms with Gasteiger partial charge in [0, 0.05) is 16.3 Å². The first-order valence-electron chi connectivity index (χ1n) is 8.46. The van der Waals surface area contributed by atoms with Gasteiger partial charge in [0.2, 0.25) is 0 Å². The molecule has 3 rings (SSSR count). The van der Waals surface area contributed by atoms with E-state index < -0.39 is 0 Å². The number of hydrogen-bond donors (Lipinski definition) is 2. The molecule has 6 heteroatoms. The summed E-state index contributed by atoms with van der Waals surface area (Å²) in [5, 5.41) is 6.33. The van der Waals surface area contributed by atoms with Gasteiger partial charge >= 0.3 is 0 Å². The molecule has 27 heavy (non-hydrogen) atoms. The number of amides is 2. The average Bonchev–Trinajstić information content (AvgIpc) is 3.18. The molecule has 2 amide bonds. The summed E-state index contributed by atoms with van der Waals surface area (Å²) in [5.41, 5.74) is 2.76. The monoisotopic (exact) mass is 382 g/mol. The van der Waals surface area contributed by atoms with Gasteiger partial charge in [-0.1, -0.05) is 29.8 Å². The van der Waals surface area contributed by atoms with Crippen LogP contribution in [-0.4, -0.2) is 11.8 Å². The van der Waals surface area contributed by atoms with Gasteiger partial charge in [0.15, 0.2) is 5.76 Å². The van der Waals surface area contributed by atoms with Crippen LogP contribution in [0.15, 0.2) is 65.3 Å². The average molecular weight is 383 g/mol. The molecule has 0 radical (unpaired) electrons. The lowest BCUT2D eigenvalue weighted by Gasteiger charge is -2.16. The van der Waals surface area contributed by atoms with Gasteiger partial charge in [0.1, 0.15) is 0 Å². The van der Waals surface area contributed by atoms with Gasteiger partial charge in [-0.15, -0.1) is 0 Å². The molecule has 5 nitrogen and oxygen atoms in total. The Labute approximate surface area is 162 Å². The molecule has 2 N–H and O–H groups in total. The van der Waals surface area contributed by atoms with Gasteiger partial charge in [-0.3, -0.25) is 9.59 Å². The van der Waals surface area contributed by atoms with Crippen LogP contribution in [0.3, 0.4) is 0 Å². The minimum absolute atomic E-state index is 0.207. The molecule has 0 spiro atoms. The van der Waals surface area contributed by atoms with Crippen molar-refractivity contribution in [3.05, 3.63) is 88.3 Å². The molecule has 0 aliphatic carbocycles. The third-order valence-corrected chi connectivity index (χ3v) is 4.42. The fourth-order valence-corrected chi connectivity index (χ4v) is 2.83. The molecule has 0 bridgehead atoms. The third kappa shape index (κ3) is 4.57. The first-order chi connectivity index (χ1) is 12.9. The van der Waals surface area contributed by atoms with Crippen molar-refractivity contribution < 1.29 is 14.0 Å². The minimum atomic E-state index is -0.368. The summed E-state index contributed by atoms with van der Waals surface area (Å²) in [6, 6.07) is 15.5. The summed E-state index contributed by atoms with van der Waals surface area (Å²) in [7, 11) is 0. The van der Waals surface area contributed by atoms with Crippen molar-refractivity contribution in [2.24, 2.45) is 0 Å². The highest BCUT2D eigenvalue weighted by atomic mass is 35.5. The van der Waals surface area contributed by atoms with Crippen molar-refractivity contribution in [1.29, 1.82) is 0 Å². The molecule has 0 fully saturated rings. The topological polar surface area (TPSA) is 71.3 Å². The fraction of sp³-hybridized carbons (Fsp3) is 0.143. The second-order valence-corrected chi connectivity index (χ2v) is 6.65. The number of anilines is 1. The maximum Gasteiger partial charge on any atom is 0.291 e. The summed E-state index contributed by atoms with van der Waals surface area (Å²) in [4.78, 5) is 24.8. The molecule has 2 aromatic carbocycles. The van der Waals surface area contributed by atoms with Crippen LogP contribution in [0.4, 0.5) is 5.69 Å². The van der Waals surface area contributed by atoms with E-state index in [0.717, 1.165) is 11.1 Å². The number of halogens is 1. The number of rotatable bonds is 5. The minimum Gasteiger partial charge on any atom is -0.459 e. The van der Waals surface area contributed by atoms with E-state index in [1.807, 2.05) is 32.0 Å². The molecule has 1 atom stereocenters. The van der Waals surface area contributed by atoms with E-state index in [9.17, 15) is 9.59 Å². The van der Waals surface area contributed by atoms with E-state index >= 15 is 0 Å². The Hall–Kier alpha value is -3.05. The van der Waals surface area contributed by atoms with Gasteiger partial charge in [0.05, 0.1) is 12.3 Å². The standard InChI is InChI=1S/C21H19ClN2O3/c1-13-8-9-16(12-18(13)24-21(26)19-7-4-10-27-19)20(25)23-14(2)15-5-3-6-17(22)11-15/h3-12,14H,1-2H3,(H,23,25)(H,24,26)/t14-/m1/s1. The smallest absolute Gasteiger partial charge is 0.291 e. The van der Waals surface area contributed by atoms with E-state index in [-0.39, 0.29) is 23.6 Å². The normalized spacial score (nSPS) is 11.7. The molecule has 138 valence electrons. The van der Waals surface area contributed by atoms with Crippen LogP contribution in [-0.2, 0) is 0 Å². The van der Waals surface area contributed by atoms with Crippen molar-refractivity contribution in [2.45, 2.75) is 19.9 Å². The fourth-order valence-electron chi connectivity index (χ4n) is 2.63. The summed E-state index contributed by atoms with van der Waals surface area (Å²) in [5.74, 6) is -0.400. The zero-order valence-electron chi connectivity index (χ0n) is 15.0. The SMILES string of the molecule is Cc1ccc(C(=O)N[C@H](C)c2cccc(Cl)c2)cc1NC(=O)c1ccco1. The van der Waals surface area contributed by atoms with Crippen LogP contribution in [0, 0.1) is 6.92 Å². The molecule has 1 heterocycles. The second-order valence-electron chi connectivity index (χ2n) is 6.21. The van der Waals surface area contributed by atoms with Crippen molar-refractivity contribution in [3.8, 4) is 0 Å². The molecule has 0 aliphatic heterocycles. The van der Waals surface area contributed by atoms with Crippen molar-refractivity contribution in [2.75, 3.05) is 5.32 Å². The van der Waals surface area contributed by atoms with Crippen LogP contribution < -0.4 is 10.6 Å². The number of benzene rings is 2. The van der Waals surface area contributed by atoms with Gasteiger partial charge in [-0.2, -0.15) is 0 Å². The Morgan fingerprint density at radius 3 is 2.56 bits per heavy atom. The number of furan rings is 1. The van der Waals surface area contributed by atoms with E-state index in [1.165, 1.54) is 6.26 Å². The molecular weight excluding hydrogens is 364 g/mol. The predicted molar refractivity (Wildman–Crippen MR) is 105 cm³/mol. The largest absolute Gasteiger partial charge is 0.459 e. The number of hydrogen-bond acceptors (Lipinski definition) is 3. The Balaban J connectivity index is 1.74. The van der Waals surface area contributed by atoms with E-state index in [1.54, 1.807) is 36.4 Å². The summed E-state index contributed by atoms with van der Waals surface area (Å²) < 4.78 is 5.09. The first-order valence-corrected chi connectivity index (χ1v) is 8.83. The van der Waals surface area contributed by atoms with Crippen LogP contribution >= 0.6 is 11.6 Å². The van der Waals surface area contributed by atoms with Gasteiger partial charge in [-0.05, 0) is 61.4 Å². The quantitative estimate of drug-likeness (QED) is 0.653. The number of nitrogens with one attached hydrogen (secondary N) is 2. The number of carbonyl (C=O) groups excluding carboxylic acids is 2. The molecule has 1 aromatic heterocycles.